The molecule has 0 spiro atoms. The van der Waals surface area contributed by atoms with Gasteiger partial charge in [-0.15, -0.1) is 0 Å². The first-order chi connectivity index (χ1) is 9.99. The maximum atomic E-state index is 12.4. The number of benzene rings is 1. The molecule has 1 aliphatic rings. The topological polar surface area (TPSA) is 98.3 Å². The number of hydrogen-bond acceptors (Lipinski definition) is 4. The smallest absolute Gasteiger partial charge is 0.282 e. The highest BCUT2D eigenvalue weighted by atomic mass is 16.6. The van der Waals surface area contributed by atoms with Crippen LogP contribution in [0.2, 0.25) is 0 Å². The Bertz CT molecular complexity index is 545. The second-order valence-electron chi connectivity index (χ2n) is 5.66. The van der Waals surface area contributed by atoms with Gasteiger partial charge in [-0.3, -0.25) is 14.9 Å². The van der Waals surface area contributed by atoms with Crippen LogP contribution in [0.4, 0.5) is 5.69 Å². The minimum absolute atomic E-state index is 0.0830. The van der Waals surface area contributed by atoms with Crippen LogP contribution < -0.4 is 11.1 Å². The van der Waals surface area contributed by atoms with Gasteiger partial charge in [0.25, 0.3) is 11.6 Å². The van der Waals surface area contributed by atoms with Gasteiger partial charge in [-0.25, -0.2) is 0 Å². The van der Waals surface area contributed by atoms with Gasteiger partial charge in [0.05, 0.1) is 4.92 Å². The van der Waals surface area contributed by atoms with E-state index >= 15 is 0 Å². The van der Waals surface area contributed by atoms with Crippen LogP contribution in [-0.4, -0.2) is 22.9 Å². The summed E-state index contributed by atoms with van der Waals surface area (Å²) in [5.74, 6) is -0.409. The lowest BCUT2D eigenvalue weighted by atomic mass is 10.0. The molecule has 1 saturated carbocycles. The normalized spacial score (nSPS) is 22.4. The number of nitrogens with zero attached hydrogens (tertiary/aromatic N) is 1. The molecule has 2 atom stereocenters. The van der Waals surface area contributed by atoms with Gasteiger partial charge in [-0.05, 0) is 31.4 Å². The van der Waals surface area contributed by atoms with Gasteiger partial charge in [0.2, 0.25) is 0 Å². The lowest BCUT2D eigenvalue weighted by molar-refractivity contribution is -0.385. The highest BCUT2D eigenvalue weighted by Gasteiger charge is 2.26. The van der Waals surface area contributed by atoms with E-state index in [-0.39, 0.29) is 23.3 Å². The molecule has 0 aromatic heterocycles. The summed E-state index contributed by atoms with van der Waals surface area (Å²) < 4.78 is 0. The largest absolute Gasteiger partial charge is 0.348 e. The second kappa shape index (κ2) is 6.67. The molecule has 0 radical (unpaired) electrons. The van der Waals surface area contributed by atoms with Crippen molar-refractivity contribution >= 4 is 11.6 Å². The number of carbonyl (C=O) groups is 1. The first kappa shape index (κ1) is 15.4. The number of hydrogen-bond donors (Lipinski definition) is 2. The molecule has 0 saturated heterocycles. The first-order valence-corrected chi connectivity index (χ1v) is 7.30. The van der Waals surface area contributed by atoms with Crippen molar-refractivity contribution in [3.8, 4) is 0 Å². The highest BCUT2D eigenvalue weighted by Crippen LogP contribution is 2.21. The van der Waals surface area contributed by atoms with Crippen LogP contribution in [0, 0.1) is 17.0 Å². The lowest BCUT2D eigenvalue weighted by Gasteiger charge is -2.22. The average molecular weight is 291 g/mol. The molecule has 1 fully saturated rings. The molecule has 0 heterocycles. The SMILES string of the molecule is Cc1ccc([N+](=O)[O-])c(C(=O)NC2CCCCCC2N)c1. The molecule has 1 amide bonds. The second-order valence-corrected chi connectivity index (χ2v) is 5.66. The number of amides is 1. The Hall–Kier alpha value is -1.95. The van der Waals surface area contributed by atoms with E-state index < -0.39 is 10.8 Å². The number of nitrogens with two attached hydrogens (primary N) is 1. The van der Waals surface area contributed by atoms with Crippen molar-refractivity contribution in [2.24, 2.45) is 5.73 Å². The highest BCUT2D eigenvalue weighted by molar-refractivity contribution is 5.98. The summed E-state index contributed by atoms with van der Waals surface area (Å²) in [5, 5.41) is 13.9. The molecular weight excluding hydrogens is 270 g/mol. The zero-order valence-electron chi connectivity index (χ0n) is 12.2. The summed E-state index contributed by atoms with van der Waals surface area (Å²) in [6, 6.07) is 4.36. The van der Waals surface area contributed by atoms with Crippen molar-refractivity contribution in [2.45, 2.75) is 51.1 Å². The Kier molecular flexibility index (Phi) is 4.90. The Labute approximate surface area is 123 Å². The quantitative estimate of drug-likeness (QED) is 0.507. The molecule has 0 aliphatic heterocycles. The number of carbonyl (C=O) groups excluding carboxylic acids is 1. The fourth-order valence-electron chi connectivity index (χ4n) is 2.75. The molecule has 6 nitrogen and oxygen atoms in total. The monoisotopic (exact) mass is 291 g/mol. The third-order valence-electron chi connectivity index (χ3n) is 3.98. The van der Waals surface area contributed by atoms with Gasteiger partial charge in [-0.2, -0.15) is 0 Å². The molecule has 21 heavy (non-hydrogen) atoms. The fraction of sp³-hybridized carbons (Fsp3) is 0.533. The molecular formula is C15H21N3O3. The molecule has 2 unspecified atom stereocenters. The third-order valence-corrected chi connectivity index (χ3v) is 3.98. The summed E-state index contributed by atoms with van der Waals surface area (Å²) >= 11 is 0. The molecule has 6 heteroatoms. The maximum absolute atomic E-state index is 12.4. The summed E-state index contributed by atoms with van der Waals surface area (Å²) in [5.41, 5.74) is 6.84. The molecule has 2 rings (SSSR count). The van der Waals surface area contributed by atoms with E-state index in [1.54, 1.807) is 19.1 Å². The first-order valence-electron chi connectivity index (χ1n) is 7.30. The Morgan fingerprint density at radius 1 is 1.33 bits per heavy atom. The van der Waals surface area contributed by atoms with Crippen LogP contribution in [0.1, 0.15) is 48.0 Å². The third kappa shape index (κ3) is 3.78. The molecule has 1 aliphatic carbocycles. The van der Waals surface area contributed by atoms with Crippen LogP contribution >= 0.6 is 0 Å². The number of nitrogens with one attached hydrogen (secondary N) is 1. The van der Waals surface area contributed by atoms with Crippen molar-refractivity contribution in [1.82, 2.24) is 5.32 Å². The van der Waals surface area contributed by atoms with Crippen LogP contribution in [0.5, 0.6) is 0 Å². The summed E-state index contributed by atoms with van der Waals surface area (Å²) in [4.78, 5) is 22.9. The minimum atomic E-state index is -0.526. The van der Waals surface area contributed by atoms with Gasteiger partial charge in [-0.1, -0.05) is 25.3 Å². The summed E-state index contributed by atoms with van der Waals surface area (Å²) in [7, 11) is 0. The maximum Gasteiger partial charge on any atom is 0.282 e. The zero-order valence-corrected chi connectivity index (χ0v) is 12.2. The standard InChI is InChI=1S/C15H21N3O3/c1-10-7-8-14(18(20)21)11(9-10)15(19)17-13-6-4-2-3-5-12(13)16/h7-9,12-13H,2-6,16H2,1H3,(H,17,19). The summed E-state index contributed by atoms with van der Waals surface area (Å²) in [6.07, 6.45) is 4.91. The van der Waals surface area contributed by atoms with Crippen molar-refractivity contribution in [1.29, 1.82) is 0 Å². The van der Waals surface area contributed by atoms with Gasteiger partial charge < -0.3 is 11.1 Å². The van der Waals surface area contributed by atoms with E-state index in [0.717, 1.165) is 37.7 Å². The Balaban J connectivity index is 2.19. The predicted octanol–water partition coefficient (Wildman–Crippen LogP) is 2.29. The number of aryl methyl sites for hydroxylation is 1. The predicted molar refractivity (Wildman–Crippen MR) is 80.1 cm³/mol. The van der Waals surface area contributed by atoms with Crippen LogP contribution in [0.25, 0.3) is 0 Å². The van der Waals surface area contributed by atoms with Crippen LogP contribution in [-0.2, 0) is 0 Å². The van der Waals surface area contributed by atoms with Crippen LogP contribution in [0.15, 0.2) is 18.2 Å². The van der Waals surface area contributed by atoms with Crippen LogP contribution in [0.3, 0.4) is 0 Å². The molecule has 1 aromatic carbocycles. The average Bonchev–Trinajstić information content (AvgIpc) is 2.63. The van der Waals surface area contributed by atoms with E-state index in [2.05, 4.69) is 5.32 Å². The number of nitro groups is 1. The Morgan fingerprint density at radius 3 is 2.76 bits per heavy atom. The van der Waals surface area contributed by atoms with Gasteiger partial charge in [0.1, 0.15) is 5.56 Å². The number of rotatable bonds is 3. The van der Waals surface area contributed by atoms with Crippen molar-refractivity contribution in [3.05, 3.63) is 39.4 Å². The Morgan fingerprint density at radius 2 is 2.05 bits per heavy atom. The molecule has 3 N–H and O–H groups in total. The lowest BCUT2D eigenvalue weighted by Crippen LogP contribution is -2.47. The van der Waals surface area contributed by atoms with E-state index in [0.29, 0.717) is 0 Å². The van der Waals surface area contributed by atoms with Crippen molar-refractivity contribution in [2.75, 3.05) is 0 Å². The van der Waals surface area contributed by atoms with E-state index in [1.807, 2.05) is 0 Å². The van der Waals surface area contributed by atoms with E-state index in [9.17, 15) is 14.9 Å². The van der Waals surface area contributed by atoms with E-state index in [4.69, 9.17) is 5.73 Å². The zero-order chi connectivity index (χ0) is 15.4. The molecule has 0 bridgehead atoms. The minimum Gasteiger partial charge on any atom is -0.348 e. The summed E-state index contributed by atoms with van der Waals surface area (Å²) in [6.45, 7) is 1.80. The molecule has 1 aromatic rings. The van der Waals surface area contributed by atoms with Crippen molar-refractivity contribution in [3.63, 3.8) is 0 Å². The van der Waals surface area contributed by atoms with Crippen molar-refractivity contribution < 1.29 is 9.72 Å². The van der Waals surface area contributed by atoms with Gasteiger partial charge >= 0.3 is 0 Å². The molecule has 114 valence electrons. The van der Waals surface area contributed by atoms with Gasteiger partial charge in [0.15, 0.2) is 0 Å². The number of nitro benzene ring substituents is 1. The fourth-order valence-corrected chi connectivity index (χ4v) is 2.75. The van der Waals surface area contributed by atoms with Gasteiger partial charge in [0, 0.05) is 18.2 Å². The van der Waals surface area contributed by atoms with E-state index in [1.165, 1.54) is 6.07 Å².